The van der Waals surface area contributed by atoms with E-state index in [-0.39, 0.29) is 12.1 Å². The monoisotopic (exact) mass is 257 g/mol. The maximum Gasteiger partial charge on any atom is 0.407 e. The molecule has 2 unspecified atom stereocenters. The summed E-state index contributed by atoms with van der Waals surface area (Å²) in [5, 5.41) is 18.0. The zero-order valence-corrected chi connectivity index (χ0v) is 10.5. The van der Waals surface area contributed by atoms with Gasteiger partial charge in [-0.15, -0.1) is 10.2 Å². The van der Waals surface area contributed by atoms with E-state index in [1.54, 1.807) is 0 Å². The van der Waals surface area contributed by atoms with Crippen molar-refractivity contribution in [3.05, 3.63) is 0 Å². The van der Waals surface area contributed by atoms with E-state index in [2.05, 4.69) is 10.2 Å². The van der Waals surface area contributed by atoms with Crippen LogP contribution in [0.4, 0.5) is 15.1 Å². The minimum Gasteiger partial charge on any atom is -0.465 e. The van der Waals surface area contributed by atoms with Gasteiger partial charge in [-0.1, -0.05) is 11.3 Å². The Morgan fingerprint density at radius 1 is 1.41 bits per heavy atom. The molecule has 0 spiro atoms. The maximum atomic E-state index is 11.1. The van der Waals surface area contributed by atoms with Crippen molar-refractivity contribution < 1.29 is 9.90 Å². The third kappa shape index (κ3) is 2.26. The highest BCUT2D eigenvalue weighted by Gasteiger charge is 2.33. The molecule has 7 nitrogen and oxygen atoms in total. The summed E-state index contributed by atoms with van der Waals surface area (Å²) in [6.45, 7) is 5.01. The van der Waals surface area contributed by atoms with E-state index in [0.29, 0.717) is 18.2 Å². The van der Waals surface area contributed by atoms with Crippen LogP contribution in [-0.4, -0.2) is 51.5 Å². The predicted octanol–water partition coefficient (Wildman–Crippen LogP) is 0.697. The van der Waals surface area contributed by atoms with E-state index in [9.17, 15) is 4.79 Å². The molecule has 17 heavy (non-hydrogen) atoms. The number of nitrogen functional groups attached to an aromatic ring is 1. The molecule has 0 bridgehead atoms. The second kappa shape index (κ2) is 4.36. The van der Waals surface area contributed by atoms with Crippen LogP contribution in [0.2, 0.25) is 0 Å². The second-order valence-electron chi connectivity index (χ2n) is 4.22. The van der Waals surface area contributed by atoms with Gasteiger partial charge in [0.1, 0.15) is 0 Å². The molecule has 3 N–H and O–H groups in total. The van der Waals surface area contributed by atoms with E-state index in [1.807, 2.05) is 18.7 Å². The molecule has 2 rings (SSSR count). The topological polar surface area (TPSA) is 95.6 Å². The van der Waals surface area contributed by atoms with E-state index in [4.69, 9.17) is 10.8 Å². The number of aromatic nitrogens is 2. The van der Waals surface area contributed by atoms with Crippen molar-refractivity contribution in [2.24, 2.45) is 0 Å². The highest BCUT2D eigenvalue weighted by molar-refractivity contribution is 7.18. The lowest BCUT2D eigenvalue weighted by atomic mass is 10.1. The van der Waals surface area contributed by atoms with E-state index < -0.39 is 6.09 Å². The minimum atomic E-state index is -0.874. The fraction of sp³-hybridized carbons (Fsp3) is 0.667. The van der Waals surface area contributed by atoms with Crippen molar-refractivity contribution in [1.29, 1.82) is 0 Å². The van der Waals surface area contributed by atoms with Crippen LogP contribution in [0.25, 0.3) is 0 Å². The average molecular weight is 257 g/mol. The quantitative estimate of drug-likeness (QED) is 0.768. The van der Waals surface area contributed by atoms with Crippen molar-refractivity contribution in [2.45, 2.75) is 25.9 Å². The lowest BCUT2D eigenvalue weighted by Crippen LogP contribution is -2.58. The Hall–Kier alpha value is -1.57. The van der Waals surface area contributed by atoms with Crippen LogP contribution in [0.15, 0.2) is 0 Å². The molecule has 0 aromatic carbocycles. The zero-order valence-electron chi connectivity index (χ0n) is 9.70. The largest absolute Gasteiger partial charge is 0.465 e. The molecule has 2 atom stereocenters. The summed E-state index contributed by atoms with van der Waals surface area (Å²) in [5.41, 5.74) is 5.54. The Balaban J connectivity index is 2.13. The number of hydrogen-bond donors (Lipinski definition) is 2. The first-order chi connectivity index (χ1) is 7.99. The molecule has 1 aliphatic heterocycles. The van der Waals surface area contributed by atoms with Gasteiger partial charge < -0.3 is 15.7 Å². The molecule has 1 saturated heterocycles. The Kier molecular flexibility index (Phi) is 3.05. The van der Waals surface area contributed by atoms with Crippen LogP contribution in [0.1, 0.15) is 13.8 Å². The zero-order chi connectivity index (χ0) is 12.6. The number of rotatable bonds is 1. The second-order valence-corrected chi connectivity index (χ2v) is 5.20. The fourth-order valence-corrected chi connectivity index (χ4v) is 2.84. The van der Waals surface area contributed by atoms with Crippen LogP contribution in [0.5, 0.6) is 0 Å². The fourth-order valence-electron chi connectivity index (χ4n) is 2.21. The van der Waals surface area contributed by atoms with Crippen molar-refractivity contribution >= 4 is 27.7 Å². The van der Waals surface area contributed by atoms with Gasteiger partial charge in [0.25, 0.3) is 0 Å². The van der Waals surface area contributed by atoms with Gasteiger partial charge in [-0.05, 0) is 13.8 Å². The molecule has 1 aliphatic rings. The molecule has 0 radical (unpaired) electrons. The predicted molar refractivity (Wildman–Crippen MR) is 65.3 cm³/mol. The standard InChI is InChI=1S/C9H15N5O2S/c1-5-3-13(8-12-11-7(10)17-8)4-6(2)14(5)9(15)16/h5-6H,3-4H2,1-2H3,(H2,10,11)(H,15,16). The van der Waals surface area contributed by atoms with E-state index in [1.165, 1.54) is 16.2 Å². The van der Waals surface area contributed by atoms with Gasteiger partial charge in [0.15, 0.2) is 0 Å². The number of anilines is 2. The first-order valence-corrected chi connectivity index (χ1v) is 6.16. The van der Waals surface area contributed by atoms with Crippen LogP contribution < -0.4 is 10.6 Å². The molecule has 94 valence electrons. The number of carboxylic acid groups (broad SMARTS) is 1. The Labute approximate surface area is 103 Å². The summed E-state index contributed by atoms with van der Waals surface area (Å²) in [5.74, 6) is 0. The van der Waals surface area contributed by atoms with Gasteiger partial charge in [0.05, 0.1) is 12.1 Å². The molecular weight excluding hydrogens is 242 g/mol. The number of piperazine rings is 1. The lowest BCUT2D eigenvalue weighted by Gasteiger charge is -2.42. The number of nitrogens with zero attached hydrogens (tertiary/aromatic N) is 4. The lowest BCUT2D eigenvalue weighted by molar-refractivity contribution is 0.0982. The van der Waals surface area contributed by atoms with Crippen molar-refractivity contribution in [3.8, 4) is 0 Å². The van der Waals surface area contributed by atoms with Crippen LogP contribution in [0.3, 0.4) is 0 Å². The molecular formula is C9H15N5O2S. The minimum absolute atomic E-state index is 0.0682. The van der Waals surface area contributed by atoms with Crippen LogP contribution >= 0.6 is 11.3 Å². The molecule has 0 aliphatic carbocycles. The number of nitrogens with two attached hydrogens (primary N) is 1. The first kappa shape index (κ1) is 11.9. The SMILES string of the molecule is CC1CN(c2nnc(N)s2)CC(C)N1C(=O)O. The van der Waals surface area contributed by atoms with E-state index >= 15 is 0 Å². The Bertz CT molecular complexity index is 411. The van der Waals surface area contributed by atoms with Crippen molar-refractivity contribution in [3.63, 3.8) is 0 Å². The first-order valence-electron chi connectivity index (χ1n) is 5.34. The molecule has 0 saturated carbocycles. The van der Waals surface area contributed by atoms with Gasteiger partial charge in [0.2, 0.25) is 10.3 Å². The number of carbonyl (C=O) groups is 1. The number of hydrogen-bond acceptors (Lipinski definition) is 6. The van der Waals surface area contributed by atoms with Gasteiger partial charge in [-0.25, -0.2) is 4.79 Å². The van der Waals surface area contributed by atoms with Gasteiger partial charge >= 0.3 is 6.09 Å². The summed E-state index contributed by atoms with van der Waals surface area (Å²) in [6, 6.07) is -0.136. The van der Waals surface area contributed by atoms with E-state index in [0.717, 1.165) is 5.13 Å². The van der Waals surface area contributed by atoms with Gasteiger partial charge in [-0.3, -0.25) is 4.90 Å². The highest BCUT2D eigenvalue weighted by Crippen LogP contribution is 2.26. The molecule has 1 amide bonds. The van der Waals surface area contributed by atoms with Crippen LogP contribution in [-0.2, 0) is 0 Å². The summed E-state index contributed by atoms with van der Waals surface area (Å²) < 4.78 is 0. The summed E-state index contributed by atoms with van der Waals surface area (Å²) in [7, 11) is 0. The van der Waals surface area contributed by atoms with Crippen molar-refractivity contribution in [2.75, 3.05) is 23.7 Å². The number of amides is 1. The summed E-state index contributed by atoms with van der Waals surface area (Å²) in [6.07, 6.45) is -0.874. The summed E-state index contributed by atoms with van der Waals surface area (Å²) in [4.78, 5) is 14.6. The Morgan fingerprint density at radius 2 is 2.00 bits per heavy atom. The molecule has 1 aromatic heterocycles. The van der Waals surface area contributed by atoms with Crippen molar-refractivity contribution in [1.82, 2.24) is 15.1 Å². The summed E-state index contributed by atoms with van der Waals surface area (Å²) >= 11 is 1.32. The normalized spacial score (nSPS) is 25.1. The van der Waals surface area contributed by atoms with Gasteiger partial charge in [-0.2, -0.15) is 0 Å². The maximum absolute atomic E-state index is 11.1. The highest BCUT2D eigenvalue weighted by atomic mass is 32.1. The molecule has 1 aromatic rings. The third-order valence-electron chi connectivity index (χ3n) is 2.84. The van der Waals surface area contributed by atoms with Crippen LogP contribution in [0, 0.1) is 0 Å². The smallest absolute Gasteiger partial charge is 0.407 e. The molecule has 8 heteroatoms. The molecule has 2 heterocycles. The average Bonchev–Trinajstić information content (AvgIpc) is 2.63. The Morgan fingerprint density at radius 3 is 2.41 bits per heavy atom. The molecule has 1 fully saturated rings. The van der Waals surface area contributed by atoms with Gasteiger partial charge in [0, 0.05) is 13.1 Å². The third-order valence-corrected chi connectivity index (χ3v) is 3.65.